The number of hydrogen-bond acceptors (Lipinski definition) is 17. The Morgan fingerprint density at radius 1 is 0.615 bits per heavy atom. The summed E-state index contributed by atoms with van der Waals surface area (Å²) in [6.45, 7) is 16.2. The zero-order valence-corrected chi connectivity index (χ0v) is 39.3. The summed E-state index contributed by atoms with van der Waals surface area (Å²) in [6, 6.07) is 0. The van der Waals surface area contributed by atoms with E-state index in [2.05, 4.69) is 60.6 Å². The molecule has 372 valence electrons. The van der Waals surface area contributed by atoms with Crippen LogP contribution in [0.25, 0.3) is 0 Å². The second-order valence-electron chi connectivity index (χ2n) is 23.2. The maximum absolute atomic E-state index is 12.1. The van der Waals surface area contributed by atoms with E-state index < -0.39 is 128 Å². The van der Waals surface area contributed by atoms with Crippen molar-refractivity contribution in [3.63, 3.8) is 0 Å². The van der Waals surface area contributed by atoms with Gasteiger partial charge in [-0.05, 0) is 91.8 Å². The lowest BCUT2D eigenvalue weighted by Gasteiger charge is -2.69. The van der Waals surface area contributed by atoms with Gasteiger partial charge in [-0.25, -0.2) is 0 Å². The molecule has 0 radical (unpaired) electrons. The summed E-state index contributed by atoms with van der Waals surface area (Å²) in [7, 11) is 0. The van der Waals surface area contributed by atoms with E-state index in [1.54, 1.807) is 0 Å². The van der Waals surface area contributed by atoms with Crippen LogP contribution in [-0.4, -0.2) is 180 Å². The van der Waals surface area contributed by atoms with Gasteiger partial charge in [0.2, 0.25) is 0 Å². The van der Waals surface area contributed by atoms with E-state index in [0.29, 0.717) is 12.8 Å². The highest BCUT2D eigenvalue weighted by Gasteiger charge is 2.68. The Kier molecular flexibility index (Phi) is 13.6. The summed E-state index contributed by atoms with van der Waals surface area (Å²) < 4.78 is 36.2. The van der Waals surface area contributed by atoms with Crippen LogP contribution in [0, 0.1) is 44.3 Å². The Morgan fingerprint density at radius 2 is 1.25 bits per heavy atom. The average Bonchev–Trinajstić information content (AvgIpc) is 3.24. The molecule has 3 aliphatic heterocycles. The molecule has 0 aromatic rings. The number of fused-ring (bicyclic) bond motifs is 7. The number of rotatable bonds is 9. The van der Waals surface area contributed by atoms with Crippen LogP contribution < -0.4 is 0 Å². The van der Waals surface area contributed by atoms with E-state index in [1.165, 1.54) is 18.1 Å². The molecule has 4 saturated carbocycles. The predicted octanol–water partition coefficient (Wildman–Crippen LogP) is 0.532. The van der Waals surface area contributed by atoms with E-state index in [9.17, 15) is 56.2 Å². The SMILES string of the molecule is C[C@@H]1O[C@@H](O[C@H]2[C@H](O)[C@@H](O)[C@H](O[C@H]3CC[C@]4(C)C5=CC=C6[C@@H]7CC(C)(C)CC[C@]7(CO)[C@@H](O)C[C@@]6(C)[C@]5(C)CC[C@H]4C3(C)C)O[C@@H]2CO[C@@H]2O[C@H](CO)[C@@H](O)[C@H](O)[C@H]2O)[C@H](O)[C@H](O)[C@H]1O. The van der Waals surface area contributed by atoms with Gasteiger partial charge in [0.1, 0.15) is 67.1 Å². The first-order valence-electron chi connectivity index (χ1n) is 24.0. The molecule has 11 N–H and O–H groups in total. The van der Waals surface area contributed by atoms with Crippen molar-refractivity contribution < 1.29 is 84.6 Å². The van der Waals surface area contributed by atoms with Crippen LogP contribution in [0.2, 0.25) is 0 Å². The predicted molar refractivity (Wildman–Crippen MR) is 230 cm³/mol. The highest BCUT2D eigenvalue weighted by Crippen LogP contribution is 2.74. The van der Waals surface area contributed by atoms with Crippen LogP contribution in [-0.2, 0) is 28.4 Å². The molecule has 8 aliphatic rings. The Bertz CT molecular complexity index is 1790. The van der Waals surface area contributed by atoms with Crippen LogP contribution in [0.1, 0.15) is 107 Å². The van der Waals surface area contributed by atoms with E-state index in [1.807, 2.05) is 0 Å². The second-order valence-corrected chi connectivity index (χ2v) is 23.2. The minimum atomic E-state index is -1.76. The molecule has 17 heteroatoms. The van der Waals surface area contributed by atoms with Crippen molar-refractivity contribution in [3.8, 4) is 0 Å². The molecule has 17 nitrogen and oxygen atoms in total. The first kappa shape index (κ1) is 50.2. The van der Waals surface area contributed by atoms with Crippen molar-refractivity contribution in [2.24, 2.45) is 44.3 Å². The molecule has 5 aliphatic carbocycles. The summed E-state index contributed by atoms with van der Waals surface area (Å²) in [5.41, 5.74) is 0.933. The van der Waals surface area contributed by atoms with Crippen molar-refractivity contribution in [2.45, 2.75) is 211 Å². The Labute approximate surface area is 382 Å². The molecule has 8 rings (SSSR count). The van der Waals surface area contributed by atoms with Gasteiger partial charge in [-0.1, -0.05) is 71.8 Å². The molecular weight excluding hydrogens is 849 g/mol. The number of aliphatic hydroxyl groups is 11. The highest BCUT2D eigenvalue weighted by molar-refractivity contribution is 5.46. The van der Waals surface area contributed by atoms with Crippen molar-refractivity contribution in [2.75, 3.05) is 19.8 Å². The van der Waals surface area contributed by atoms with Gasteiger partial charge in [-0.2, -0.15) is 0 Å². The van der Waals surface area contributed by atoms with Gasteiger partial charge in [-0.15, -0.1) is 0 Å². The standard InChI is InChI=1S/C48H78O17/c1-22-31(52)33(54)37(58)41(61-22)65-39-26(20-60-40-36(57)34(55)32(53)25(19-49)62-40)63-42(38(59)35(39)56)64-30-12-13-45(6)27(44(30,4)5)11-14-46(7)28(45)10-9-23-24-17-43(2,3)15-16-48(24,21-50)29(51)18-47(23,46)8/h9-10,22,24-27,29-42,49-59H,11-21H2,1-8H3/t22-,24-,25+,26+,27-,29-,30-,31-,32+,33+,34-,35+,36+,37+,38+,39+,40+,41-,42-,45-,46+,47+,48+/m0/s1. The van der Waals surface area contributed by atoms with Gasteiger partial charge < -0.3 is 84.6 Å². The number of hydrogen-bond donors (Lipinski definition) is 11. The van der Waals surface area contributed by atoms with Crippen molar-refractivity contribution in [1.29, 1.82) is 0 Å². The van der Waals surface area contributed by atoms with Gasteiger partial charge in [0.15, 0.2) is 18.9 Å². The molecule has 0 amide bonds. The molecule has 23 atom stereocenters. The van der Waals surface area contributed by atoms with E-state index in [0.717, 1.165) is 38.5 Å². The lowest BCUT2D eigenvalue weighted by molar-refractivity contribution is -0.373. The van der Waals surface area contributed by atoms with Gasteiger partial charge in [0.05, 0.1) is 38.1 Å². The Balaban J connectivity index is 1.04. The molecule has 7 fully saturated rings. The van der Waals surface area contributed by atoms with Gasteiger partial charge in [-0.3, -0.25) is 0 Å². The maximum atomic E-state index is 12.1. The molecule has 65 heavy (non-hydrogen) atoms. The minimum Gasteiger partial charge on any atom is -0.396 e. The molecule has 0 aromatic heterocycles. The quantitative estimate of drug-likeness (QED) is 0.141. The molecular formula is C48H78O17. The summed E-state index contributed by atoms with van der Waals surface area (Å²) >= 11 is 0. The highest BCUT2D eigenvalue weighted by atomic mass is 16.8. The average molecular weight is 927 g/mol. The third-order valence-electron chi connectivity index (χ3n) is 18.8. The monoisotopic (exact) mass is 927 g/mol. The fraction of sp³-hybridized carbons (Fsp3) is 0.917. The smallest absolute Gasteiger partial charge is 0.187 e. The Hall–Kier alpha value is -1.20. The summed E-state index contributed by atoms with van der Waals surface area (Å²) in [5.74, 6) is 0.189. The first-order valence-corrected chi connectivity index (χ1v) is 24.0. The van der Waals surface area contributed by atoms with Crippen LogP contribution in [0.4, 0.5) is 0 Å². The van der Waals surface area contributed by atoms with E-state index in [4.69, 9.17) is 28.4 Å². The molecule has 0 aromatic carbocycles. The summed E-state index contributed by atoms with van der Waals surface area (Å²) in [4.78, 5) is 0. The normalized spacial score (nSPS) is 54.0. The fourth-order valence-electron chi connectivity index (χ4n) is 14.4. The summed E-state index contributed by atoms with van der Waals surface area (Å²) in [5, 5.41) is 119. The van der Waals surface area contributed by atoms with Gasteiger partial charge in [0, 0.05) is 10.8 Å². The van der Waals surface area contributed by atoms with Crippen molar-refractivity contribution in [3.05, 3.63) is 23.3 Å². The fourth-order valence-corrected chi connectivity index (χ4v) is 14.4. The van der Waals surface area contributed by atoms with Crippen LogP contribution in [0.3, 0.4) is 0 Å². The van der Waals surface area contributed by atoms with Gasteiger partial charge in [0.25, 0.3) is 0 Å². The molecule has 0 spiro atoms. The van der Waals surface area contributed by atoms with E-state index in [-0.39, 0.29) is 40.1 Å². The largest absolute Gasteiger partial charge is 0.396 e. The van der Waals surface area contributed by atoms with Gasteiger partial charge >= 0.3 is 0 Å². The lowest BCUT2D eigenvalue weighted by Crippen LogP contribution is -2.66. The maximum Gasteiger partial charge on any atom is 0.187 e. The molecule has 3 saturated heterocycles. The minimum absolute atomic E-state index is 0.0341. The Morgan fingerprint density at radius 3 is 1.92 bits per heavy atom. The number of aliphatic hydroxyl groups excluding tert-OH is 11. The zero-order valence-electron chi connectivity index (χ0n) is 39.3. The van der Waals surface area contributed by atoms with Crippen LogP contribution in [0.5, 0.6) is 0 Å². The van der Waals surface area contributed by atoms with Crippen LogP contribution in [0.15, 0.2) is 23.3 Å². The second kappa shape index (κ2) is 17.6. The molecule has 0 unspecified atom stereocenters. The van der Waals surface area contributed by atoms with E-state index >= 15 is 0 Å². The van der Waals surface area contributed by atoms with Crippen molar-refractivity contribution in [1.82, 2.24) is 0 Å². The third kappa shape index (κ3) is 7.87. The van der Waals surface area contributed by atoms with Crippen LogP contribution >= 0.6 is 0 Å². The molecule has 3 heterocycles. The lowest BCUT2D eigenvalue weighted by atomic mass is 9.35. The summed E-state index contributed by atoms with van der Waals surface area (Å²) in [6.07, 6.45) is -13.3. The van der Waals surface area contributed by atoms with Crippen molar-refractivity contribution >= 4 is 0 Å². The molecule has 0 bridgehead atoms. The number of allylic oxidation sites excluding steroid dienone is 4. The topological polar surface area (TPSA) is 278 Å². The number of ether oxygens (including phenoxy) is 6. The first-order chi connectivity index (χ1) is 30.3. The zero-order chi connectivity index (χ0) is 47.6. The third-order valence-corrected chi connectivity index (χ3v) is 18.8.